The van der Waals surface area contributed by atoms with Gasteiger partial charge >= 0.3 is 5.97 Å². The molecular formula is C15H19N3O2S. The normalized spacial score (nSPS) is 22.0. The fourth-order valence-electron chi connectivity index (χ4n) is 3.10. The Bertz CT molecular complexity index is 683. The maximum absolute atomic E-state index is 10.9. The molecule has 21 heavy (non-hydrogen) atoms. The highest BCUT2D eigenvalue weighted by molar-refractivity contribution is 7.99. The van der Waals surface area contributed by atoms with Crippen LogP contribution in [0.2, 0.25) is 0 Å². The zero-order valence-electron chi connectivity index (χ0n) is 12.2. The molecule has 6 heteroatoms. The standard InChI is InChI=1S/C15H19N3O2S/c1-9-6-11-14(16-7-9)18(12-5-3-4-10(12)2)15(17-11)21-8-13(19)20/h6-7,10,12H,3-5,8H2,1-2H3,(H,19,20). The molecule has 3 rings (SSSR count). The first-order valence-electron chi connectivity index (χ1n) is 7.25. The quantitative estimate of drug-likeness (QED) is 0.878. The van der Waals surface area contributed by atoms with Gasteiger partial charge in [0.05, 0.1) is 5.75 Å². The molecule has 5 nitrogen and oxygen atoms in total. The second-order valence-electron chi connectivity index (χ2n) is 5.78. The molecule has 2 atom stereocenters. The average Bonchev–Trinajstić information content (AvgIpc) is 2.98. The highest BCUT2D eigenvalue weighted by Gasteiger charge is 2.29. The van der Waals surface area contributed by atoms with Crippen LogP contribution in [0.1, 0.15) is 37.8 Å². The molecule has 1 N–H and O–H groups in total. The summed E-state index contributed by atoms with van der Waals surface area (Å²) in [6.45, 7) is 4.25. The van der Waals surface area contributed by atoms with Crippen molar-refractivity contribution in [2.75, 3.05) is 5.75 Å². The second-order valence-corrected chi connectivity index (χ2v) is 6.72. The Morgan fingerprint density at radius 1 is 1.52 bits per heavy atom. The SMILES string of the molecule is Cc1cnc2c(c1)nc(SCC(=O)O)n2C1CCCC1C. The van der Waals surface area contributed by atoms with Crippen molar-refractivity contribution in [3.63, 3.8) is 0 Å². The van der Waals surface area contributed by atoms with Crippen molar-refractivity contribution in [2.45, 2.75) is 44.3 Å². The summed E-state index contributed by atoms with van der Waals surface area (Å²) < 4.78 is 2.17. The summed E-state index contributed by atoms with van der Waals surface area (Å²) in [5.74, 6) is -0.208. The first-order chi connectivity index (χ1) is 10.1. The van der Waals surface area contributed by atoms with Crippen LogP contribution in [0, 0.1) is 12.8 Å². The van der Waals surface area contributed by atoms with Gasteiger partial charge in [-0.1, -0.05) is 25.1 Å². The van der Waals surface area contributed by atoms with Crippen LogP contribution in [0.5, 0.6) is 0 Å². The number of aliphatic carboxylic acids is 1. The molecule has 2 heterocycles. The number of imidazole rings is 1. The van der Waals surface area contributed by atoms with Gasteiger partial charge in [0.15, 0.2) is 10.8 Å². The van der Waals surface area contributed by atoms with E-state index in [1.54, 1.807) is 0 Å². The van der Waals surface area contributed by atoms with Crippen molar-refractivity contribution in [1.82, 2.24) is 14.5 Å². The van der Waals surface area contributed by atoms with Gasteiger partial charge in [-0.3, -0.25) is 4.79 Å². The van der Waals surface area contributed by atoms with E-state index in [1.165, 1.54) is 24.6 Å². The van der Waals surface area contributed by atoms with Crippen LogP contribution >= 0.6 is 11.8 Å². The molecule has 0 aromatic carbocycles. The Morgan fingerprint density at radius 2 is 2.33 bits per heavy atom. The number of hydrogen-bond acceptors (Lipinski definition) is 4. The van der Waals surface area contributed by atoms with E-state index in [4.69, 9.17) is 5.11 Å². The Balaban J connectivity index is 2.08. The van der Waals surface area contributed by atoms with E-state index in [-0.39, 0.29) is 5.75 Å². The van der Waals surface area contributed by atoms with E-state index >= 15 is 0 Å². The molecule has 1 aliphatic rings. The van der Waals surface area contributed by atoms with Gasteiger partial charge in [0.2, 0.25) is 0 Å². The third-order valence-corrected chi connectivity index (χ3v) is 5.04. The zero-order valence-corrected chi connectivity index (χ0v) is 13.1. The first kappa shape index (κ1) is 14.4. The van der Waals surface area contributed by atoms with E-state index in [9.17, 15) is 4.79 Å². The molecule has 0 radical (unpaired) electrons. The molecule has 0 spiro atoms. The molecule has 2 unspecified atom stereocenters. The van der Waals surface area contributed by atoms with Crippen molar-refractivity contribution in [1.29, 1.82) is 0 Å². The Labute approximate surface area is 127 Å². The Morgan fingerprint density at radius 3 is 3.00 bits per heavy atom. The molecule has 1 aliphatic carbocycles. The highest BCUT2D eigenvalue weighted by Crippen LogP contribution is 2.39. The minimum atomic E-state index is -0.817. The van der Waals surface area contributed by atoms with Crippen molar-refractivity contribution in [2.24, 2.45) is 5.92 Å². The van der Waals surface area contributed by atoms with E-state index < -0.39 is 5.97 Å². The summed E-state index contributed by atoms with van der Waals surface area (Å²) in [4.78, 5) is 20.0. The van der Waals surface area contributed by atoms with Crippen LogP contribution in [0.3, 0.4) is 0 Å². The lowest BCUT2D eigenvalue weighted by Crippen LogP contribution is -2.14. The molecule has 112 valence electrons. The number of rotatable bonds is 4. The van der Waals surface area contributed by atoms with Gasteiger partial charge in [-0.2, -0.15) is 0 Å². The van der Waals surface area contributed by atoms with E-state index in [0.717, 1.165) is 28.3 Å². The number of thioether (sulfide) groups is 1. The minimum Gasteiger partial charge on any atom is -0.481 e. The summed E-state index contributed by atoms with van der Waals surface area (Å²) in [7, 11) is 0. The third-order valence-electron chi connectivity index (χ3n) is 4.11. The van der Waals surface area contributed by atoms with Gasteiger partial charge in [-0.15, -0.1) is 0 Å². The predicted molar refractivity (Wildman–Crippen MR) is 82.7 cm³/mol. The second kappa shape index (κ2) is 5.67. The molecule has 2 aromatic heterocycles. The van der Waals surface area contributed by atoms with Crippen molar-refractivity contribution < 1.29 is 9.90 Å². The van der Waals surface area contributed by atoms with Crippen molar-refractivity contribution >= 4 is 28.9 Å². The topological polar surface area (TPSA) is 68.0 Å². The summed E-state index contributed by atoms with van der Waals surface area (Å²) in [6, 6.07) is 2.39. The van der Waals surface area contributed by atoms with E-state index in [2.05, 4.69) is 21.5 Å². The Kier molecular flexibility index (Phi) is 3.89. The minimum absolute atomic E-state index is 0.0312. The molecule has 0 aliphatic heterocycles. The number of aromatic nitrogens is 3. The lowest BCUT2D eigenvalue weighted by Gasteiger charge is -2.19. The number of nitrogens with zero attached hydrogens (tertiary/aromatic N) is 3. The molecule has 0 bridgehead atoms. The van der Waals surface area contributed by atoms with Gasteiger partial charge in [0, 0.05) is 12.2 Å². The summed E-state index contributed by atoms with van der Waals surface area (Å²) in [6.07, 6.45) is 5.38. The number of pyridine rings is 1. The summed E-state index contributed by atoms with van der Waals surface area (Å²) >= 11 is 1.29. The van der Waals surface area contributed by atoms with Crippen LogP contribution in [0.15, 0.2) is 17.4 Å². The van der Waals surface area contributed by atoms with Crippen molar-refractivity contribution in [3.05, 3.63) is 17.8 Å². The third kappa shape index (κ3) is 2.77. The van der Waals surface area contributed by atoms with Gasteiger partial charge in [-0.05, 0) is 37.3 Å². The fraction of sp³-hybridized carbons (Fsp3) is 0.533. The number of carboxylic acids is 1. The molecular weight excluding hydrogens is 286 g/mol. The predicted octanol–water partition coefficient (Wildman–Crippen LogP) is 3.28. The number of carboxylic acid groups (broad SMARTS) is 1. The van der Waals surface area contributed by atoms with Gasteiger partial charge in [-0.25, -0.2) is 9.97 Å². The van der Waals surface area contributed by atoms with Crippen LogP contribution in [0.4, 0.5) is 0 Å². The lowest BCUT2D eigenvalue weighted by molar-refractivity contribution is -0.133. The van der Waals surface area contributed by atoms with Crippen LogP contribution in [0.25, 0.3) is 11.2 Å². The number of fused-ring (bicyclic) bond motifs is 1. The van der Waals surface area contributed by atoms with E-state index in [1.807, 2.05) is 19.2 Å². The van der Waals surface area contributed by atoms with Gasteiger partial charge < -0.3 is 9.67 Å². The monoisotopic (exact) mass is 305 g/mol. The smallest absolute Gasteiger partial charge is 0.313 e. The molecule has 1 fully saturated rings. The van der Waals surface area contributed by atoms with E-state index in [0.29, 0.717) is 12.0 Å². The largest absolute Gasteiger partial charge is 0.481 e. The van der Waals surface area contributed by atoms with Crippen LogP contribution < -0.4 is 0 Å². The van der Waals surface area contributed by atoms with Crippen LogP contribution in [-0.2, 0) is 4.79 Å². The van der Waals surface area contributed by atoms with Gasteiger partial charge in [0.25, 0.3) is 0 Å². The van der Waals surface area contributed by atoms with Crippen LogP contribution in [-0.4, -0.2) is 31.4 Å². The Hall–Kier alpha value is -1.56. The maximum atomic E-state index is 10.9. The molecule has 2 aromatic rings. The number of hydrogen-bond donors (Lipinski definition) is 1. The van der Waals surface area contributed by atoms with Gasteiger partial charge in [0.1, 0.15) is 5.52 Å². The molecule has 1 saturated carbocycles. The number of aryl methyl sites for hydroxylation is 1. The number of carbonyl (C=O) groups is 1. The first-order valence-corrected chi connectivity index (χ1v) is 8.24. The average molecular weight is 305 g/mol. The highest BCUT2D eigenvalue weighted by atomic mass is 32.2. The lowest BCUT2D eigenvalue weighted by atomic mass is 10.1. The molecule has 0 amide bonds. The molecule has 0 saturated heterocycles. The summed E-state index contributed by atoms with van der Waals surface area (Å²) in [5.41, 5.74) is 2.82. The summed E-state index contributed by atoms with van der Waals surface area (Å²) in [5, 5.41) is 9.71. The zero-order chi connectivity index (χ0) is 15.0. The fourth-order valence-corrected chi connectivity index (χ4v) is 3.87. The maximum Gasteiger partial charge on any atom is 0.313 e. The van der Waals surface area contributed by atoms with Crippen molar-refractivity contribution in [3.8, 4) is 0 Å².